The highest BCUT2D eigenvalue weighted by atomic mass is 32.2. The zero-order chi connectivity index (χ0) is 26.7. The van der Waals surface area contributed by atoms with Crippen LogP contribution in [0.3, 0.4) is 0 Å². The van der Waals surface area contributed by atoms with E-state index in [1.54, 1.807) is 31.3 Å². The van der Waals surface area contributed by atoms with Crippen LogP contribution in [0.1, 0.15) is 38.5 Å². The average Bonchev–Trinajstić information content (AvgIpc) is 3.31. The molecular formula is C28H30N4O4S. The standard InChI is InChI=1S/C28H30N4O4S/c1-19-8-6-11-24(16-19)27-29-25(36-30-27)18-31(4)28(33)23-14-12-22(13-15-23)17-32(37(5,34)35)26-20(2)9-7-10-21(26)3/h6-16H,17-18H2,1-5H3. The van der Waals surface area contributed by atoms with Crippen molar-refractivity contribution in [1.82, 2.24) is 15.0 Å². The molecule has 0 unspecified atom stereocenters. The molecule has 1 aromatic heterocycles. The summed E-state index contributed by atoms with van der Waals surface area (Å²) in [6.07, 6.45) is 1.20. The first kappa shape index (κ1) is 26.1. The molecular weight excluding hydrogens is 488 g/mol. The second-order valence-electron chi connectivity index (χ2n) is 9.25. The third kappa shape index (κ3) is 6.06. The third-order valence-electron chi connectivity index (χ3n) is 6.08. The Balaban J connectivity index is 1.46. The first-order valence-electron chi connectivity index (χ1n) is 11.8. The number of amides is 1. The maximum atomic E-state index is 13.0. The number of hydrogen-bond acceptors (Lipinski definition) is 6. The van der Waals surface area contributed by atoms with E-state index in [9.17, 15) is 13.2 Å². The van der Waals surface area contributed by atoms with Crippen LogP contribution in [0, 0.1) is 20.8 Å². The first-order valence-corrected chi connectivity index (χ1v) is 13.7. The fraction of sp³-hybridized carbons (Fsp3) is 0.250. The second kappa shape index (κ2) is 10.6. The van der Waals surface area contributed by atoms with E-state index in [-0.39, 0.29) is 19.0 Å². The fourth-order valence-electron chi connectivity index (χ4n) is 4.20. The minimum atomic E-state index is -3.52. The topological polar surface area (TPSA) is 96.6 Å². The second-order valence-corrected chi connectivity index (χ2v) is 11.2. The number of aromatic nitrogens is 2. The summed E-state index contributed by atoms with van der Waals surface area (Å²) in [6.45, 7) is 6.10. The number of nitrogens with zero attached hydrogens (tertiary/aromatic N) is 4. The summed E-state index contributed by atoms with van der Waals surface area (Å²) in [5.41, 5.74) is 5.62. The molecule has 37 heavy (non-hydrogen) atoms. The van der Waals surface area contributed by atoms with Crippen LogP contribution in [0.5, 0.6) is 0 Å². The number of carbonyl (C=O) groups excluding carboxylic acids is 1. The fourth-order valence-corrected chi connectivity index (χ4v) is 5.20. The van der Waals surface area contributed by atoms with Crippen molar-refractivity contribution in [1.29, 1.82) is 0 Å². The molecule has 0 fully saturated rings. The summed E-state index contributed by atoms with van der Waals surface area (Å²) in [4.78, 5) is 18.9. The molecule has 9 heteroatoms. The van der Waals surface area contributed by atoms with Crippen molar-refractivity contribution >= 4 is 21.6 Å². The summed E-state index contributed by atoms with van der Waals surface area (Å²) in [6, 6.07) is 20.4. The van der Waals surface area contributed by atoms with E-state index in [0.29, 0.717) is 23.0 Å². The van der Waals surface area contributed by atoms with Crippen molar-refractivity contribution in [3.63, 3.8) is 0 Å². The monoisotopic (exact) mass is 518 g/mol. The molecule has 8 nitrogen and oxygen atoms in total. The van der Waals surface area contributed by atoms with Gasteiger partial charge in [0.05, 0.1) is 25.0 Å². The highest BCUT2D eigenvalue weighted by Crippen LogP contribution is 2.28. The van der Waals surface area contributed by atoms with Crippen LogP contribution in [-0.2, 0) is 23.1 Å². The molecule has 0 N–H and O–H groups in total. The lowest BCUT2D eigenvalue weighted by Crippen LogP contribution is -2.30. The minimum absolute atomic E-state index is 0.161. The Hall–Kier alpha value is -3.98. The number of rotatable bonds is 8. The van der Waals surface area contributed by atoms with Gasteiger partial charge in [-0.05, 0) is 55.7 Å². The molecule has 0 spiro atoms. The van der Waals surface area contributed by atoms with E-state index in [1.165, 1.54) is 15.5 Å². The van der Waals surface area contributed by atoms with Gasteiger partial charge >= 0.3 is 0 Å². The molecule has 3 aromatic carbocycles. The van der Waals surface area contributed by atoms with Gasteiger partial charge < -0.3 is 9.42 Å². The number of hydrogen-bond donors (Lipinski definition) is 0. The third-order valence-corrected chi connectivity index (χ3v) is 7.19. The van der Waals surface area contributed by atoms with Gasteiger partial charge in [-0.25, -0.2) is 8.42 Å². The normalized spacial score (nSPS) is 11.4. The van der Waals surface area contributed by atoms with Crippen LogP contribution in [0.4, 0.5) is 5.69 Å². The van der Waals surface area contributed by atoms with Crippen LogP contribution in [0.15, 0.2) is 71.3 Å². The Morgan fingerprint density at radius 1 is 0.919 bits per heavy atom. The van der Waals surface area contributed by atoms with E-state index in [0.717, 1.165) is 27.8 Å². The van der Waals surface area contributed by atoms with E-state index < -0.39 is 10.0 Å². The molecule has 0 aliphatic heterocycles. The van der Waals surface area contributed by atoms with Gasteiger partial charge in [0, 0.05) is 18.2 Å². The van der Waals surface area contributed by atoms with Crippen molar-refractivity contribution in [3.8, 4) is 11.4 Å². The summed E-state index contributed by atoms with van der Waals surface area (Å²) in [5.74, 6) is 0.598. The first-order chi connectivity index (χ1) is 17.5. The Bertz CT molecular complexity index is 1510. The van der Waals surface area contributed by atoms with Crippen molar-refractivity contribution in [3.05, 3.63) is 100 Å². The Labute approximate surface area is 217 Å². The maximum absolute atomic E-state index is 13.0. The lowest BCUT2D eigenvalue weighted by Gasteiger charge is -2.26. The van der Waals surface area contributed by atoms with Crippen LogP contribution in [0.25, 0.3) is 11.4 Å². The zero-order valence-corrected chi connectivity index (χ0v) is 22.4. The van der Waals surface area contributed by atoms with Gasteiger partial charge in [-0.15, -0.1) is 0 Å². The quantitative estimate of drug-likeness (QED) is 0.329. The van der Waals surface area contributed by atoms with Crippen molar-refractivity contribution < 1.29 is 17.7 Å². The molecule has 4 aromatic rings. The van der Waals surface area contributed by atoms with Gasteiger partial charge in [0.15, 0.2) is 0 Å². The molecule has 4 rings (SSSR count). The number of carbonyl (C=O) groups is 1. The van der Waals surface area contributed by atoms with Crippen molar-refractivity contribution in [2.24, 2.45) is 0 Å². The number of sulfonamides is 1. The molecule has 0 aliphatic rings. The summed E-state index contributed by atoms with van der Waals surface area (Å²) in [5, 5.41) is 4.03. The van der Waals surface area contributed by atoms with Gasteiger partial charge in [-0.2, -0.15) is 4.98 Å². The molecule has 0 radical (unpaired) electrons. The largest absolute Gasteiger partial charge is 0.337 e. The molecule has 0 aliphatic carbocycles. The highest BCUT2D eigenvalue weighted by Gasteiger charge is 2.22. The lowest BCUT2D eigenvalue weighted by atomic mass is 10.1. The molecule has 1 amide bonds. The predicted octanol–water partition coefficient (Wildman–Crippen LogP) is 4.90. The molecule has 1 heterocycles. The van der Waals surface area contributed by atoms with Gasteiger partial charge in [-0.3, -0.25) is 9.10 Å². The van der Waals surface area contributed by atoms with E-state index >= 15 is 0 Å². The molecule has 0 atom stereocenters. The zero-order valence-electron chi connectivity index (χ0n) is 21.6. The lowest BCUT2D eigenvalue weighted by molar-refractivity contribution is 0.0769. The van der Waals surface area contributed by atoms with Crippen LogP contribution in [-0.4, -0.2) is 42.7 Å². The van der Waals surface area contributed by atoms with E-state index in [1.807, 2.05) is 63.2 Å². The Morgan fingerprint density at radius 3 is 2.19 bits per heavy atom. The number of para-hydroxylation sites is 1. The van der Waals surface area contributed by atoms with Crippen molar-refractivity contribution in [2.75, 3.05) is 17.6 Å². The van der Waals surface area contributed by atoms with E-state index in [4.69, 9.17) is 4.52 Å². The van der Waals surface area contributed by atoms with Crippen LogP contribution in [0.2, 0.25) is 0 Å². The predicted molar refractivity (Wildman–Crippen MR) is 144 cm³/mol. The van der Waals surface area contributed by atoms with Gasteiger partial charge in [0.1, 0.15) is 0 Å². The molecule has 0 saturated heterocycles. The van der Waals surface area contributed by atoms with Gasteiger partial charge in [0.25, 0.3) is 5.91 Å². The summed E-state index contributed by atoms with van der Waals surface area (Å²) in [7, 11) is -1.86. The van der Waals surface area contributed by atoms with E-state index in [2.05, 4.69) is 10.1 Å². The van der Waals surface area contributed by atoms with Crippen molar-refractivity contribution in [2.45, 2.75) is 33.9 Å². The molecule has 192 valence electrons. The van der Waals surface area contributed by atoms with Gasteiger partial charge in [0.2, 0.25) is 21.7 Å². The number of anilines is 1. The number of benzene rings is 3. The summed E-state index contributed by atoms with van der Waals surface area (Å²) < 4.78 is 32.0. The Morgan fingerprint density at radius 2 is 1.57 bits per heavy atom. The SMILES string of the molecule is Cc1cccc(-c2noc(CN(C)C(=O)c3ccc(CN(c4c(C)cccc4C)S(C)(=O)=O)cc3)n2)c1. The molecule has 0 saturated carbocycles. The average molecular weight is 519 g/mol. The smallest absolute Gasteiger partial charge is 0.254 e. The van der Waals surface area contributed by atoms with Crippen LogP contribution < -0.4 is 4.31 Å². The van der Waals surface area contributed by atoms with Gasteiger partial charge in [-0.1, -0.05) is 59.3 Å². The minimum Gasteiger partial charge on any atom is -0.337 e. The summed E-state index contributed by atoms with van der Waals surface area (Å²) >= 11 is 0. The number of aryl methyl sites for hydroxylation is 3. The maximum Gasteiger partial charge on any atom is 0.254 e. The highest BCUT2D eigenvalue weighted by molar-refractivity contribution is 7.92. The van der Waals surface area contributed by atoms with Crippen LogP contribution >= 0.6 is 0 Å². The molecule has 0 bridgehead atoms. The Kier molecular flexibility index (Phi) is 7.45.